The first-order valence-corrected chi connectivity index (χ1v) is 6.39. The van der Waals surface area contributed by atoms with E-state index >= 15 is 0 Å². The SMILES string of the molecule is N#Cc1ccc(N)c(NCC2Cc3ccccc32)c1. The number of hydrogen-bond donors (Lipinski definition) is 2. The van der Waals surface area contributed by atoms with Gasteiger partial charge in [-0.25, -0.2) is 0 Å². The average Bonchev–Trinajstić information content (AvgIpc) is 2.42. The van der Waals surface area contributed by atoms with Gasteiger partial charge in [-0.3, -0.25) is 0 Å². The van der Waals surface area contributed by atoms with Crippen LogP contribution in [-0.4, -0.2) is 6.54 Å². The number of nitrogens with one attached hydrogen (secondary N) is 1. The summed E-state index contributed by atoms with van der Waals surface area (Å²) in [6.07, 6.45) is 1.11. The molecule has 0 heterocycles. The molecule has 0 saturated carbocycles. The normalized spacial score (nSPS) is 16.1. The van der Waals surface area contributed by atoms with Crippen molar-refractivity contribution in [3.05, 3.63) is 59.2 Å². The van der Waals surface area contributed by atoms with Gasteiger partial charge in [0.05, 0.1) is 23.0 Å². The van der Waals surface area contributed by atoms with E-state index in [9.17, 15) is 0 Å². The van der Waals surface area contributed by atoms with E-state index < -0.39 is 0 Å². The van der Waals surface area contributed by atoms with E-state index in [1.165, 1.54) is 11.1 Å². The van der Waals surface area contributed by atoms with Crippen LogP contribution in [-0.2, 0) is 6.42 Å². The van der Waals surface area contributed by atoms with E-state index in [0.29, 0.717) is 17.2 Å². The molecule has 1 aliphatic rings. The van der Waals surface area contributed by atoms with Gasteiger partial charge in [-0.1, -0.05) is 24.3 Å². The minimum absolute atomic E-state index is 0.543. The van der Waals surface area contributed by atoms with Crippen LogP contribution in [0.15, 0.2) is 42.5 Å². The van der Waals surface area contributed by atoms with Crippen molar-refractivity contribution in [1.29, 1.82) is 5.26 Å². The standard InChI is InChI=1S/C16H15N3/c17-9-11-5-6-15(18)16(7-11)19-10-13-8-12-3-1-2-4-14(12)13/h1-7,13,19H,8,10,18H2. The Balaban J connectivity index is 1.70. The number of anilines is 2. The zero-order valence-electron chi connectivity index (χ0n) is 10.6. The lowest BCUT2D eigenvalue weighted by atomic mass is 9.77. The van der Waals surface area contributed by atoms with Gasteiger partial charge in [0.1, 0.15) is 0 Å². The Labute approximate surface area is 112 Å². The molecule has 0 saturated heterocycles. The van der Waals surface area contributed by atoms with Gasteiger partial charge in [0.15, 0.2) is 0 Å². The molecule has 94 valence electrons. The first-order valence-electron chi connectivity index (χ1n) is 6.39. The van der Waals surface area contributed by atoms with Crippen LogP contribution in [0.25, 0.3) is 0 Å². The molecule has 1 aliphatic carbocycles. The molecule has 1 unspecified atom stereocenters. The fraction of sp³-hybridized carbons (Fsp3) is 0.188. The van der Waals surface area contributed by atoms with E-state index in [0.717, 1.165) is 18.7 Å². The Bertz CT molecular complexity index is 655. The van der Waals surface area contributed by atoms with Crippen LogP contribution in [0.3, 0.4) is 0 Å². The number of nitriles is 1. The molecule has 0 bridgehead atoms. The highest BCUT2D eigenvalue weighted by molar-refractivity contribution is 5.68. The highest BCUT2D eigenvalue weighted by Crippen LogP contribution is 2.35. The second kappa shape index (κ2) is 4.66. The summed E-state index contributed by atoms with van der Waals surface area (Å²) in [5, 5.41) is 12.3. The lowest BCUT2D eigenvalue weighted by Gasteiger charge is -2.30. The molecule has 3 heteroatoms. The first-order chi connectivity index (χ1) is 9.28. The maximum absolute atomic E-state index is 8.90. The van der Waals surface area contributed by atoms with Crippen molar-refractivity contribution in [2.45, 2.75) is 12.3 Å². The van der Waals surface area contributed by atoms with Gasteiger partial charge in [0, 0.05) is 12.5 Å². The maximum atomic E-state index is 8.90. The molecular weight excluding hydrogens is 234 g/mol. The molecule has 1 atom stereocenters. The summed E-state index contributed by atoms with van der Waals surface area (Å²) < 4.78 is 0. The van der Waals surface area contributed by atoms with Crippen molar-refractivity contribution in [3.8, 4) is 6.07 Å². The molecule has 0 amide bonds. The largest absolute Gasteiger partial charge is 0.397 e. The zero-order valence-corrected chi connectivity index (χ0v) is 10.6. The summed E-state index contributed by atoms with van der Waals surface area (Å²) in [7, 11) is 0. The Morgan fingerprint density at radius 1 is 1.26 bits per heavy atom. The van der Waals surface area contributed by atoms with Gasteiger partial charge in [-0.15, -0.1) is 0 Å². The summed E-state index contributed by atoms with van der Waals surface area (Å²) in [5.41, 5.74) is 10.9. The summed E-state index contributed by atoms with van der Waals surface area (Å²) in [6, 6.07) is 16.0. The molecule has 19 heavy (non-hydrogen) atoms. The Hall–Kier alpha value is -2.47. The molecule has 3 rings (SSSR count). The minimum Gasteiger partial charge on any atom is -0.397 e. The molecule has 2 aromatic carbocycles. The lowest BCUT2D eigenvalue weighted by molar-refractivity contribution is 0.636. The fourth-order valence-corrected chi connectivity index (χ4v) is 2.56. The van der Waals surface area contributed by atoms with Crippen LogP contribution in [0.4, 0.5) is 11.4 Å². The van der Waals surface area contributed by atoms with E-state index in [1.807, 2.05) is 0 Å². The highest BCUT2D eigenvalue weighted by atomic mass is 14.9. The highest BCUT2D eigenvalue weighted by Gasteiger charge is 2.24. The van der Waals surface area contributed by atoms with Crippen molar-refractivity contribution in [2.24, 2.45) is 0 Å². The Morgan fingerprint density at radius 3 is 2.89 bits per heavy atom. The summed E-state index contributed by atoms with van der Waals surface area (Å²) >= 11 is 0. The molecule has 3 N–H and O–H groups in total. The number of nitrogens with two attached hydrogens (primary N) is 1. The minimum atomic E-state index is 0.543. The first kappa shape index (κ1) is 11.6. The van der Waals surface area contributed by atoms with E-state index in [2.05, 4.69) is 35.7 Å². The van der Waals surface area contributed by atoms with Crippen molar-refractivity contribution < 1.29 is 0 Å². The van der Waals surface area contributed by atoms with Crippen LogP contribution < -0.4 is 11.1 Å². The van der Waals surface area contributed by atoms with Gasteiger partial charge in [0.2, 0.25) is 0 Å². The lowest BCUT2D eigenvalue weighted by Crippen LogP contribution is -2.24. The van der Waals surface area contributed by atoms with Crippen LogP contribution >= 0.6 is 0 Å². The van der Waals surface area contributed by atoms with Crippen LogP contribution in [0.5, 0.6) is 0 Å². The third-order valence-electron chi connectivity index (χ3n) is 3.68. The predicted molar refractivity (Wildman–Crippen MR) is 76.9 cm³/mol. The van der Waals surface area contributed by atoms with Crippen LogP contribution in [0.2, 0.25) is 0 Å². The topological polar surface area (TPSA) is 61.8 Å². The number of rotatable bonds is 3. The monoisotopic (exact) mass is 249 g/mol. The van der Waals surface area contributed by atoms with Gasteiger partial charge < -0.3 is 11.1 Å². The van der Waals surface area contributed by atoms with Gasteiger partial charge in [-0.05, 0) is 35.7 Å². The molecular formula is C16H15N3. The number of fused-ring (bicyclic) bond motifs is 1. The quantitative estimate of drug-likeness (QED) is 0.822. The van der Waals surface area contributed by atoms with Crippen molar-refractivity contribution in [3.63, 3.8) is 0 Å². The second-order valence-electron chi connectivity index (χ2n) is 4.89. The van der Waals surface area contributed by atoms with Gasteiger partial charge in [0.25, 0.3) is 0 Å². The molecule has 0 aromatic heterocycles. The molecule has 0 spiro atoms. The van der Waals surface area contributed by atoms with Crippen molar-refractivity contribution >= 4 is 11.4 Å². The summed E-state index contributed by atoms with van der Waals surface area (Å²) in [6.45, 7) is 0.857. The van der Waals surface area contributed by atoms with Gasteiger partial charge >= 0.3 is 0 Å². The van der Waals surface area contributed by atoms with Crippen molar-refractivity contribution in [1.82, 2.24) is 0 Å². The van der Waals surface area contributed by atoms with Crippen LogP contribution in [0, 0.1) is 11.3 Å². The van der Waals surface area contributed by atoms with Crippen LogP contribution in [0.1, 0.15) is 22.6 Å². The third kappa shape index (κ3) is 2.13. The second-order valence-corrected chi connectivity index (χ2v) is 4.89. The summed E-state index contributed by atoms with van der Waals surface area (Å²) in [5.74, 6) is 0.543. The number of nitrogen functional groups attached to an aromatic ring is 1. The molecule has 0 aliphatic heterocycles. The van der Waals surface area contributed by atoms with E-state index in [4.69, 9.17) is 11.0 Å². The number of nitrogens with zero attached hydrogens (tertiary/aromatic N) is 1. The maximum Gasteiger partial charge on any atom is 0.0992 e. The molecule has 0 fully saturated rings. The fourth-order valence-electron chi connectivity index (χ4n) is 2.56. The molecule has 3 nitrogen and oxygen atoms in total. The van der Waals surface area contributed by atoms with E-state index in [1.54, 1.807) is 18.2 Å². The number of benzene rings is 2. The zero-order chi connectivity index (χ0) is 13.2. The van der Waals surface area contributed by atoms with Crippen molar-refractivity contribution in [2.75, 3.05) is 17.6 Å². The Kier molecular flexibility index (Phi) is 2.85. The Morgan fingerprint density at radius 2 is 2.11 bits per heavy atom. The smallest absolute Gasteiger partial charge is 0.0992 e. The van der Waals surface area contributed by atoms with Gasteiger partial charge in [-0.2, -0.15) is 5.26 Å². The molecule has 2 aromatic rings. The summed E-state index contributed by atoms with van der Waals surface area (Å²) in [4.78, 5) is 0. The third-order valence-corrected chi connectivity index (χ3v) is 3.68. The van der Waals surface area contributed by atoms with E-state index in [-0.39, 0.29) is 0 Å². The average molecular weight is 249 g/mol. The number of hydrogen-bond acceptors (Lipinski definition) is 3. The molecule has 0 radical (unpaired) electrons. The predicted octanol–water partition coefficient (Wildman–Crippen LogP) is 2.89.